The van der Waals surface area contributed by atoms with Gasteiger partial charge in [-0.05, 0) is 43.9 Å². The first-order chi connectivity index (χ1) is 15.4. The van der Waals surface area contributed by atoms with Crippen molar-refractivity contribution in [3.63, 3.8) is 0 Å². The highest BCUT2D eigenvalue weighted by Gasteiger charge is 2.25. The fraction of sp³-hybridized carbons (Fsp3) is 0.292. The second kappa shape index (κ2) is 11.5. The lowest BCUT2D eigenvalue weighted by Gasteiger charge is -2.24. The SMILES string of the molecule is CN(C)CCN(CCNC/C=C/c1ccc(Cl)cc1)S(=O)(=O)c1cccc2cnccc12. The van der Waals surface area contributed by atoms with Gasteiger partial charge in [0.1, 0.15) is 0 Å². The average Bonchev–Trinajstić information content (AvgIpc) is 2.78. The van der Waals surface area contributed by atoms with E-state index in [0.717, 1.165) is 10.9 Å². The van der Waals surface area contributed by atoms with E-state index in [2.05, 4.69) is 10.3 Å². The summed E-state index contributed by atoms with van der Waals surface area (Å²) in [5.41, 5.74) is 1.07. The molecule has 0 amide bonds. The molecule has 32 heavy (non-hydrogen) atoms. The van der Waals surface area contributed by atoms with Crippen LogP contribution < -0.4 is 5.32 Å². The van der Waals surface area contributed by atoms with Crippen molar-refractivity contribution >= 4 is 38.5 Å². The number of likely N-dealkylation sites (N-methyl/N-ethyl adjacent to an activating group) is 1. The molecule has 0 aliphatic rings. The number of hydrogen-bond acceptors (Lipinski definition) is 5. The lowest BCUT2D eigenvalue weighted by Crippen LogP contribution is -2.40. The Balaban J connectivity index is 1.66. The highest BCUT2D eigenvalue weighted by atomic mass is 35.5. The molecule has 3 rings (SSSR count). The maximum absolute atomic E-state index is 13.5. The van der Waals surface area contributed by atoms with Crippen LogP contribution in [0.2, 0.25) is 5.02 Å². The van der Waals surface area contributed by atoms with Gasteiger partial charge in [-0.15, -0.1) is 0 Å². The van der Waals surface area contributed by atoms with Crippen LogP contribution in [0.3, 0.4) is 0 Å². The lowest BCUT2D eigenvalue weighted by molar-refractivity contribution is 0.332. The molecular formula is C24H29ClN4O2S. The normalized spacial score (nSPS) is 12.4. The quantitative estimate of drug-likeness (QED) is 0.430. The molecule has 1 heterocycles. The molecule has 0 fully saturated rings. The van der Waals surface area contributed by atoms with Crippen molar-refractivity contribution in [1.29, 1.82) is 0 Å². The Morgan fingerprint density at radius 1 is 1.03 bits per heavy atom. The van der Waals surface area contributed by atoms with E-state index >= 15 is 0 Å². The third-order valence-electron chi connectivity index (χ3n) is 5.04. The van der Waals surface area contributed by atoms with Crippen LogP contribution in [-0.2, 0) is 10.0 Å². The number of nitrogens with zero attached hydrogens (tertiary/aromatic N) is 3. The summed E-state index contributed by atoms with van der Waals surface area (Å²) in [6.07, 6.45) is 7.33. The number of hydrogen-bond donors (Lipinski definition) is 1. The first kappa shape index (κ1) is 24.4. The van der Waals surface area contributed by atoms with E-state index in [0.29, 0.717) is 48.0 Å². The molecule has 1 N–H and O–H groups in total. The number of pyridine rings is 1. The Kier molecular flexibility index (Phi) is 8.78. The van der Waals surface area contributed by atoms with Gasteiger partial charge in [0.25, 0.3) is 0 Å². The van der Waals surface area contributed by atoms with Crippen molar-refractivity contribution in [1.82, 2.24) is 19.5 Å². The Morgan fingerprint density at radius 3 is 2.56 bits per heavy atom. The largest absolute Gasteiger partial charge is 0.312 e. The van der Waals surface area contributed by atoms with Crippen LogP contribution >= 0.6 is 11.6 Å². The van der Waals surface area contributed by atoms with Gasteiger partial charge in [-0.3, -0.25) is 4.98 Å². The van der Waals surface area contributed by atoms with Crippen LogP contribution in [0.25, 0.3) is 16.8 Å². The molecule has 0 radical (unpaired) electrons. The van der Waals surface area contributed by atoms with Gasteiger partial charge >= 0.3 is 0 Å². The van der Waals surface area contributed by atoms with Gasteiger partial charge in [0.15, 0.2) is 0 Å². The highest BCUT2D eigenvalue weighted by Crippen LogP contribution is 2.25. The molecule has 0 aliphatic heterocycles. The van der Waals surface area contributed by atoms with Crippen LogP contribution in [0.1, 0.15) is 5.56 Å². The highest BCUT2D eigenvalue weighted by molar-refractivity contribution is 7.89. The zero-order valence-corrected chi connectivity index (χ0v) is 20.0. The molecule has 2 aromatic carbocycles. The Labute approximate surface area is 195 Å². The van der Waals surface area contributed by atoms with Crippen LogP contribution in [-0.4, -0.2) is 69.4 Å². The Morgan fingerprint density at radius 2 is 1.81 bits per heavy atom. The summed E-state index contributed by atoms with van der Waals surface area (Å²) in [6, 6.07) is 14.7. The molecule has 0 unspecified atom stereocenters. The standard InChI is InChI=1S/C24H29ClN4O2S/c1-28(2)17-18-29(16-15-26-13-4-5-20-8-10-22(25)11-9-20)32(30,31)24-7-3-6-21-19-27-14-12-23(21)24/h3-12,14,19,26H,13,15-18H2,1-2H3/b5-4+. The number of benzene rings is 2. The summed E-state index contributed by atoms with van der Waals surface area (Å²) in [5, 5.41) is 5.52. The number of rotatable bonds is 11. The van der Waals surface area contributed by atoms with E-state index < -0.39 is 10.0 Å². The van der Waals surface area contributed by atoms with Crippen molar-refractivity contribution < 1.29 is 8.42 Å². The van der Waals surface area contributed by atoms with Gasteiger partial charge in [0.2, 0.25) is 10.0 Å². The smallest absolute Gasteiger partial charge is 0.243 e. The minimum atomic E-state index is -3.65. The summed E-state index contributed by atoms with van der Waals surface area (Å²) in [4.78, 5) is 6.41. The molecule has 0 atom stereocenters. The molecule has 170 valence electrons. The Hall–Kier alpha value is -2.29. The number of fused-ring (bicyclic) bond motifs is 1. The van der Waals surface area contributed by atoms with E-state index in [4.69, 9.17) is 11.6 Å². The second-order valence-electron chi connectivity index (χ2n) is 7.72. The van der Waals surface area contributed by atoms with Gasteiger partial charge < -0.3 is 10.2 Å². The third kappa shape index (κ3) is 6.60. The summed E-state index contributed by atoms with van der Waals surface area (Å²) < 4.78 is 28.6. The van der Waals surface area contributed by atoms with E-state index in [1.165, 1.54) is 0 Å². The maximum Gasteiger partial charge on any atom is 0.243 e. The summed E-state index contributed by atoms with van der Waals surface area (Å²) in [7, 11) is 0.223. The summed E-state index contributed by atoms with van der Waals surface area (Å²) in [5.74, 6) is 0. The molecule has 0 saturated carbocycles. The molecule has 0 aliphatic carbocycles. The first-order valence-corrected chi connectivity index (χ1v) is 12.3. The van der Waals surface area contributed by atoms with Crippen molar-refractivity contribution in [2.24, 2.45) is 0 Å². The zero-order chi connectivity index (χ0) is 23.0. The van der Waals surface area contributed by atoms with Crippen LogP contribution in [0.5, 0.6) is 0 Å². The van der Waals surface area contributed by atoms with E-state index in [1.54, 1.807) is 34.9 Å². The molecule has 8 heteroatoms. The van der Waals surface area contributed by atoms with E-state index in [-0.39, 0.29) is 0 Å². The maximum atomic E-state index is 13.5. The molecule has 3 aromatic rings. The van der Waals surface area contributed by atoms with Gasteiger partial charge in [-0.25, -0.2) is 8.42 Å². The van der Waals surface area contributed by atoms with Gasteiger partial charge in [0.05, 0.1) is 4.90 Å². The molecule has 0 spiro atoms. The zero-order valence-electron chi connectivity index (χ0n) is 18.4. The minimum Gasteiger partial charge on any atom is -0.312 e. The van der Waals surface area contributed by atoms with Gasteiger partial charge in [-0.1, -0.05) is 48.0 Å². The number of halogens is 1. The van der Waals surface area contributed by atoms with Crippen molar-refractivity contribution in [3.8, 4) is 0 Å². The molecule has 0 saturated heterocycles. The molecular weight excluding hydrogens is 444 g/mol. The second-order valence-corrected chi connectivity index (χ2v) is 10.1. The fourth-order valence-electron chi connectivity index (χ4n) is 3.28. The predicted molar refractivity (Wildman–Crippen MR) is 132 cm³/mol. The number of nitrogens with one attached hydrogen (secondary N) is 1. The monoisotopic (exact) mass is 472 g/mol. The fourth-order valence-corrected chi connectivity index (χ4v) is 5.05. The van der Waals surface area contributed by atoms with Crippen molar-refractivity contribution in [3.05, 3.63) is 77.6 Å². The van der Waals surface area contributed by atoms with Crippen LogP contribution in [0.15, 0.2) is 71.9 Å². The van der Waals surface area contributed by atoms with Gasteiger partial charge in [-0.2, -0.15) is 4.31 Å². The summed E-state index contributed by atoms with van der Waals surface area (Å²) >= 11 is 5.91. The Bertz CT molecular complexity index is 1140. The van der Waals surface area contributed by atoms with Gasteiger partial charge in [0, 0.05) is 60.9 Å². The van der Waals surface area contributed by atoms with Crippen molar-refractivity contribution in [2.45, 2.75) is 4.90 Å². The van der Waals surface area contributed by atoms with Crippen molar-refractivity contribution in [2.75, 3.05) is 46.8 Å². The third-order valence-corrected chi connectivity index (χ3v) is 7.24. The average molecular weight is 473 g/mol. The number of aromatic nitrogens is 1. The lowest BCUT2D eigenvalue weighted by atomic mass is 10.2. The first-order valence-electron chi connectivity index (χ1n) is 10.5. The van der Waals surface area contributed by atoms with E-state index in [1.807, 2.05) is 61.5 Å². The minimum absolute atomic E-state index is 0.318. The number of sulfonamides is 1. The topological polar surface area (TPSA) is 65.5 Å². The predicted octanol–water partition coefficient (Wildman–Crippen LogP) is 3.74. The van der Waals surface area contributed by atoms with E-state index in [9.17, 15) is 8.42 Å². The van der Waals surface area contributed by atoms with Crippen LogP contribution in [0, 0.1) is 0 Å². The summed E-state index contributed by atoms with van der Waals surface area (Å²) in [6.45, 7) is 2.63. The molecule has 6 nitrogen and oxygen atoms in total. The van der Waals surface area contributed by atoms with Crippen LogP contribution in [0.4, 0.5) is 0 Å². The molecule has 1 aromatic heterocycles. The molecule has 0 bridgehead atoms.